The van der Waals surface area contributed by atoms with Crippen molar-refractivity contribution < 1.29 is 13.6 Å². The van der Waals surface area contributed by atoms with Crippen molar-refractivity contribution in [2.75, 3.05) is 0 Å². The van der Waals surface area contributed by atoms with Crippen molar-refractivity contribution in [3.8, 4) is 9.88 Å². The smallest absolute Gasteiger partial charge is 0.226 e. The number of carbonyl (C=O) groups excluding carboxylic acids is 1. The topological polar surface area (TPSA) is 42.0 Å². The Morgan fingerprint density at radius 3 is 2.79 bits per heavy atom. The van der Waals surface area contributed by atoms with Gasteiger partial charge in [0, 0.05) is 5.38 Å². The Labute approximate surface area is 146 Å². The molecule has 0 radical (unpaired) electrons. The van der Waals surface area contributed by atoms with Gasteiger partial charge in [-0.3, -0.25) is 4.79 Å². The van der Waals surface area contributed by atoms with E-state index in [0.29, 0.717) is 11.3 Å². The summed E-state index contributed by atoms with van der Waals surface area (Å²) in [6, 6.07) is 7.14. The number of carbonyl (C=O) groups is 1. The molecule has 1 aromatic carbocycles. The number of halogens is 2. The molecule has 0 aliphatic rings. The summed E-state index contributed by atoms with van der Waals surface area (Å²) in [7, 11) is 0. The summed E-state index contributed by atoms with van der Waals surface area (Å²) < 4.78 is 26.2. The van der Waals surface area contributed by atoms with E-state index in [1.165, 1.54) is 17.4 Å². The minimum Gasteiger partial charge on any atom is -0.349 e. The van der Waals surface area contributed by atoms with Crippen LogP contribution in [0.4, 0.5) is 8.78 Å². The van der Waals surface area contributed by atoms with Crippen molar-refractivity contribution in [2.24, 2.45) is 0 Å². The second kappa shape index (κ2) is 7.19. The molecule has 1 amide bonds. The number of nitrogens with one attached hydrogen (secondary N) is 1. The van der Waals surface area contributed by atoms with Gasteiger partial charge in [0.05, 0.1) is 23.0 Å². The first-order chi connectivity index (χ1) is 11.5. The Bertz CT molecular complexity index is 846. The van der Waals surface area contributed by atoms with Crippen molar-refractivity contribution in [3.05, 3.63) is 64.0 Å². The number of hydrogen-bond donors (Lipinski definition) is 1. The summed E-state index contributed by atoms with van der Waals surface area (Å²) in [5.41, 5.74) is 1.21. The molecule has 0 bridgehead atoms. The fraction of sp³-hybridized carbons (Fsp3) is 0.176. The van der Waals surface area contributed by atoms with E-state index in [1.807, 2.05) is 22.9 Å². The first kappa shape index (κ1) is 16.7. The molecule has 0 saturated heterocycles. The number of rotatable bonds is 5. The average Bonchev–Trinajstić information content (AvgIpc) is 3.20. The molecule has 0 spiro atoms. The predicted molar refractivity (Wildman–Crippen MR) is 92.0 cm³/mol. The van der Waals surface area contributed by atoms with Gasteiger partial charge in [0.2, 0.25) is 5.91 Å². The molecule has 24 heavy (non-hydrogen) atoms. The number of aromatic nitrogens is 1. The molecule has 124 valence electrons. The zero-order valence-electron chi connectivity index (χ0n) is 12.8. The second-order valence-corrected chi connectivity index (χ2v) is 7.07. The van der Waals surface area contributed by atoms with Crippen molar-refractivity contribution in [3.63, 3.8) is 0 Å². The molecule has 0 aliphatic carbocycles. The van der Waals surface area contributed by atoms with Crippen molar-refractivity contribution in [1.29, 1.82) is 0 Å². The van der Waals surface area contributed by atoms with Crippen LogP contribution in [0.2, 0.25) is 0 Å². The van der Waals surface area contributed by atoms with Crippen molar-refractivity contribution in [1.82, 2.24) is 10.3 Å². The Kier molecular flexibility index (Phi) is 5.01. The van der Waals surface area contributed by atoms with E-state index in [2.05, 4.69) is 10.3 Å². The predicted octanol–water partition coefficient (Wildman–Crippen LogP) is 4.57. The van der Waals surface area contributed by atoms with Gasteiger partial charge in [0.15, 0.2) is 11.6 Å². The summed E-state index contributed by atoms with van der Waals surface area (Å²) in [6.07, 6.45) is 0.149. The van der Waals surface area contributed by atoms with E-state index >= 15 is 0 Å². The van der Waals surface area contributed by atoms with Crippen LogP contribution >= 0.6 is 22.7 Å². The van der Waals surface area contributed by atoms with Crippen LogP contribution in [-0.4, -0.2) is 10.9 Å². The second-order valence-electron chi connectivity index (χ2n) is 5.26. The van der Waals surface area contributed by atoms with E-state index < -0.39 is 17.7 Å². The molecule has 2 aromatic heterocycles. The highest BCUT2D eigenvalue weighted by Crippen LogP contribution is 2.28. The van der Waals surface area contributed by atoms with Gasteiger partial charge in [-0.15, -0.1) is 22.7 Å². The van der Waals surface area contributed by atoms with Crippen LogP contribution in [0.25, 0.3) is 9.88 Å². The van der Waals surface area contributed by atoms with Crippen LogP contribution in [-0.2, 0) is 11.2 Å². The third-order valence-corrected chi connectivity index (χ3v) is 5.38. The fourth-order valence-corrected chi connectivity index (χ4v) is 3.86. The molecular formula is C17H14F2N2OS2. The molecule has 3 aromatic rings. The zero-order chi connectivity index (χ0) is 17.1. The van der Waals surface area contributed by atoms with E-state index in [1.54, 1.807) is 18.3 Å². The molecular weight excluding hydrogens is 350 g/mol. The van der Waals surface area contributed by atoms with Crippen LogP contribution < -0.4 is 5.32 Å². The molecule has 2 heterocycles. The van der Waals surface area contributed by atoms with Crippen LogP contribution in [0.1, 0.15) is 24.2 Å². The summed E-state index contributed by atoms with van der Waals surface area (Å²) in [4.78, 5) is 17.7. The lowest BCUT2D eigenvalue weighted by molar-refractivity contribution is -0.121. The monoisotopic (exact) mass is 364 g/mol. The maximum absolute atomic E-state index is 13.3. The maximum atomic E-state index is 13.3. The average molecular weight is 364 g/mol. The lowest BCUT2D eigenvalue weighted by atomic mass is 10.1. The minimum absolute atomic E-state index is 0.149. The molecule has 3 nitrogen and oxygen atoms in total. The van der Waals surface area contributed by atoms with Gasteiger partial charge in [-0.25, -0.2) is 13.8 Å². The van der Waals surface area contributed by atoms with Gasteiger partial charge < -0.3 is 5.32 Å². The molecule has 3 rings (SSSR count). The number of thiophene rings is 1. The maximum Gasteiger partial charge on any atom is 0.226 e. The molecule has 0 fully saturated rings. The SMILES string of the molecule is C[C@H](NC(=O)Cc1csc(-c2cccs2)n1)c1ccc(F)c(F)c1. The molecule has 0 aliphatic heterocycles. The third-order valence-electron chi connectivity index (χ3n) is 3.45. The van der Waals surface area contributed by atoms with Crippen molar-refractivity contribution >= 4 is 28.6 Å². The minimum atomic E-state index is -0.923. The van der Waals surface area contributed by atoms with E-state index in [0.717, 1.165) is 22.0 Å². The Hall–Kier alpha value is -2.12. The van der Waals surface area contributed by atoms with E-state index in [9.17, 15) is 13.6 Å². The van der Waals surface area contributed by atoms with Crippen LogP contribution in [0, 0.1) is 11.6 Å². The van der Waals surface area contributed by atoms with E-state index in [-0.39, 0.29) is 12.3 Å². The standard InChI is InChI=1S/C17H14F2N2OS2/c1-10(11-4-5-13(18)14(19)7-11)20-16(22)8-12-9-24-17(21-12)15-3-2-6-23-15/h2-7,9-10H,8H2,1H3,(H,20,22)/t10-/m0/s1. The quantitative estimate of drug-likeness (QED) is 0.721. The fourth-order valence-electron chi connectivity index (χ4n) is 2.22. The van der Waals surface area contributed by atoms with E-state index in [4.69, 9.17) is 0 Å². The number of hydrogen-bond acceptors (Lipinski definition) is 4. The van der Waals surface area contributed by atoms with Crippen LogP contribution in [0.5, 0.6) is 0 Å². The van der Waals surface area contributed by atoms with Gasteiger partial charge in [0.25, 0.3) is 0 Å². The number of amides is 1. The molecule has 1 N–H and O–H groups in total. The Morgan fingerprint density at radius 1 is 1.25 bits per heavy atom. The van der Waals surface area contributed by atoms with Crippen molar-refractivity contribution in [2.45, 2.75) is 19.4 Å². The van der Waals surface area contributed by atoms with Gasteiger partial charge in [-0.05, 0) is 36.1 Å². The Balaban J connectivity index is 1.62. The number of benzene rings is 1. The van der Waals surface area contributed by atoms with Crippen LogP contribution in [0.15, 0.2) is 41.1 Å². The number of thiazole rings is 1. The summed E-state index contributed by atoms with van der Waals surface area (Å²) >= 11 is 3.10. The molecule has 7 heteroatoms. The number of nitrogens with zero attached hydrogens (tertiary/aromatic N) is 1. The zero-order valence-corrected chi connectivity index (χ0v) is 14.4. The summed E-state index contributed by atoms with van der Waals surface area (Å²) in [5.74, 6) is -2.04. The van der Waals surface area contributed by atoms with Gasteiger partial charge in [-0.2, -0.15) is 0 Å². The molecule has 0 saturated carbocycles. The highest BCUT2D eigenvalue weighted by molar-refractivity contribution is 7.20. The van der Waals surface area contributed by atoms with Crippen LogP contribution in [0.3, 0.4) is 0 Å². The largest absolute Gasteiger partial charge is 0.349 e. The summed E-state index contributed by atoms with van der Waals surface area (Å²) in [5, 5.41) is 7.50. The molecule has 1 atom stereocenters. The van der Waals surface area contributed by atoms with Gasteiger partial charge in [-0.1, -0.05) is 12.1 Å². The van der Waals surface area contributed by atoms with Gasteiger partial charge >= 0.3 is 0 Å². The highest BCUT2D eigenvalue weighted by Gasteiger charge is 2.14. The Morgan fingerprint density at radius 2 is 2.08 bits per heavy atom. The lowest BCUT2D eigenvalue weighted by Gasteiger charge is -2.14. The molecule has 0 unspecified atom stereocenters. The first-order valence-electron chi connectivity index (χ1n) is 7.25. The normalized spacial score (nSPS) is 12.1. The summed E-state index contributed by atoms with van der Waals surface area (Å²) in [6.45, 7) is 1.72. The third kappa shape index (κ3) is 3.85. The van der Waals surface area contributed by atoms with Gasteiger partial charge in [0.1, 0.15) is 5.01 Å². The first-order valence-corrected chi connectivity index (χ1v) is 9.01. The lowest BCUT2D eigenvalue weighted by Crippen LogP contribution is -2.28. The highest BCUT2D eigenvalue weighted by atomic mass is 32.1.